The zero-order valence-electron chi connectivity index (χ0n) is 10.1. The molecule has 1 aliphatic rings. The second-order valence-corrected chi connectivity index (χ2v) is 5.01. The highest BCUT2D eigenvalue weighted by molar-refractivity contribution is 5.76. The van der Waals surface area contributed by atoms with Gasteiger partial charge in [0.15, 0.2) is 0 Å². The largest absolute Gasteiger partial charge is 0.328 e. The Morgan fingerprint density at radius 1 is 1.06 bits per heavy atom. The summed E-state index contributed by atoms with van der Waals surface area (Å²) in [6.07, 6.45) is 2.03. The fraction of sp³-hybridized carbons (Fsp3) is 0.250. The first kappa shape index (κ1) is 10.5. The first-order valence-electron chi connectivity index (χ1n) is 6.19. The van der Waals surface area contributed by atoms with Crippen molar-refractivity contribution in [3.63, 3.8) is 0 Å². The van der Waals surface area contributed by atoms with Gasteiger partial charge in [-0.15, -0.1) is 0 Å². The van der Waals surface area contributed by atoms with Gasteiger partial charge in [0.1, 0.15) is 0 Å². The molecule has 1 unspecified atom stereocenters. The predicted octanol–water partition coefficient (Wildman–Crippen LogP) is 3.15. The molecule has 1 heteroatoms. The lowest BCUT2D eigenvalue weighted by Gasteiger charge is -2.07. The lowest BCUT2D eigenvalue weighted by molar-refractivity contribution is 0.737. The van der Waals surface area contributed by atoms with E-state index in [4.69, 9.17) is 5.73 Å². The van der Waals surface area contributed by atoms with Crippen LogP contribution in [0.3, 0.4) is 0 Å². The Labute approximate surface area is 102 Å². The number of rotatable bonds is 2. The maximum Gasteiger partial charge on any atom is 0.00509 e. The van der Waals surface area contributed by atoms with Gasteiger partial charge < -0.3 is 5.73 Å². The van der Waals surface area contributed by atoms with Crippen molar-refractivity contribution in [2.24, 2.45) is 5.73 Å². The van der Waals surface area contributed by atoms with Crippen LogP contribution in [-0.4, -0.2) is 6.04 Å². The molecule has 0 radical (unpaired) electrons. The van der Waals surface area contributed by atoms with Crippen LogP contribution in [0.1, 0.15) is 23.6 Å². The summed E-state index contributed by atoms with van der Waals surface area (Å²) in [5.74, 6) is 0. The van der Waals surface area contributed by atoms with Crippen molar-refractivity contribution in [2.75, 3.05) is 0 Å². The zero-order chi connectivity index (χ0) is 11.8. The van der Waals surface area contributed by atoms with Gasteiger partial charge in [0.25, 0.3) is 0 Å². The second kappa shape index (κ2) is 4.01. The van der Waals surface area contributed by atoms with Crippen LogP contribution in [0.5, 0.6) is 0 Å². The van der Waals surface area contributed by atoms with Gasteiger partial charge in [-0.3, -0.25) is 0 Å². The quantitative estimate of drug-likeness (QED) is 0.709. The Bertz CT molecular complexity index is 555. The Morgan fingerprint density at radius 3 is 2.65 bits per heavy atom. The van der Waals surface area contributed by atoms with Crippen LogP contribution in [0.15, 0.2) is 42.5 Å². The molecule has 17 heavy (non-hydrogen) atoms. The van der Waals surface area contributed by atoms with E-state index in [0.717, 1.165) is 12.8 Å². The Kier molecular flexibility index (Phi) is 2.49. The third-order valence-corrected chi connectivity index (χ3v) is 3.42. The molecule has 0 saturated heterocycles. The molecule has 0 aromatic heterocycles. The Balaban J connectivity index is 2.01. The number of fused-ring (bicyclic) bond motifs is 3. The van der Waals surface area contributed by atoms with E-state index in [1.165, 1.54) is 27.8 Å². The van der Waals surface area contributed by atoms with Gasteiger partial charge in [-0.1, -0.05) is 42.5 Å². The molecule has 2 aromatic carbocycles. The molecule has 1 nitrogen and oxygen atoms in total. The third kappa shape index (κ3) is 1.87. The molecule has 0 aliphatic heterocycles. The molecule has 1 aliphatic carbocycles. The summed E-state index contributed by atoms with van der Waals surface area (Å²) >= 11 is 0. The highest BCUT2D eigenvalue weighted by atomic mass is 14.6. The topological polar surface area (TPSA) is 26.0 Å². The lowest BCUT2D eigenvalue weighted by Crippen LogP contribution is -2.17. The summed E-state index contributed by atoms with van der Waals surface area (Å²) in [6.45, 7) is 2.06. The molecule has 1 atom stereocenters. The molecular formula is C16H17N. The fourth-order valence-electron chi connectivity index (χ4n) is 2.70. The van der Waals surface area contributed by atoms with Crippen LogP contribution in [0.25, 0.3) is 11.1 Å². The minimum absolute atomic E-state index is 0.233. The highest BCUT2D eigenvalue weighted by Crippen LogP contribution is 2.36. The first-order valence-corrected chi connectivity index (χ1v) is 6.19. The molecule has 0 fully saturated rings. The third-order valence-electron chi connectivity index (χ3n) is 3.42. The van der Waals surface area contributed by atoms with E-state index in [1.807, 2.05) is 0 Å². The smallest absolute Gasteiger partial charge is 0.00509 e. The molecule has 3 rings (SSSR count). The van der Waals surface area contributed by atoms with E-state index in [2.05, 4.69) is 49.4 Å². The normalized spacial score (nSPS) is 14.2. The average Bonchev–Trinajstić information content (AvgIpc) is 2.65. The van der Waals surface area contributed by atoms with E-state index >= 15 is 0 Å². The minimum Gasteiger partial charge on any atom is -0.328 e. The highest BCUT2D eigenvalue weighted by Gasteiger charge is 2.17. The maximum absolute atomic E-state index is 5.85. The molecular weight excluding hydrogens is 206 g/mol. The number of nitrogens with two attached hydrogens (primary N) is 1. The summed E-state index contributed by atoms with van der Waals surface area (Å²) in [5.41, 5.74) is 12.9. The van der Waals surface area contributed by atoms with Crippen molar-refractivity contribution >= 4 is 0 Å². The van der Waals surface area contributed by atoms with Crippen LogP contribution < -0.4 is 5.73 Å². The van der Waals surface area contributed by atoms with Crippen LogP contribution in [0.4, 0.5) is 0 Å². The summed E-state index contributed by atoms with van der Waals surface area (Å²) in [4.78, 5) is 0. The van der Waals surface area contributed by atoms with Crippen LogP contribution >= 0.6 is 0 Å². The van der Waals surface area contributed by atoms with Crippen molar-refractivity contribution in [2.45, 2.75) is 25.8 Å². The summed E-state index contributed by atoms with van der Waals surface area (Å²) < 4.78 is 0. The van der Waals surface area contributed by atoms with Gasteiger partial charge in [0, 0.05) is 6.04 Å². The van der Waals surface area contributed by atoms with Gasteiger partial charge in [-0.25, -0.2) is 0 Å². The zero-order valence-corrected chi connectivity index (χ0v) is 10.1. The molecule has 2 N–H and O–H groups in total. The van der Waals surface area contributed by atoms with Crippen molar-refractivity contribution in [3.8, 4) is 11.1 Å². The van der Waals surface area contributed by atoms with Gasteiger partial charge in [-0.2, -0.15) is 0 Å². The Hall–Kier alpha value is -1.60. The molecule has 0 amide bonds. The predicted molar refractivity (Wildman–Crippen MR) is 72.0 cm³/mol. The summed E-state index contributed by atoms with van der Waals surface area (Å²) in [7, 11) is 0. The van der Waals surface area contributed by atoms with Gasteiger partial charge >= 0.3 is 0 Å². The monoisotopic (exact) mass is 223 g/mol. The molecule has 0 heterocycles. The van der Waals surface area contributed by atoms with Crippen LogP contribution in [-0.2, 0) is 12.8 Å². The van der Waals surface area contributed by atoms with Crippen LogP contribution in [0.2, 0.25) is 0 Å². The van der Waals surface area contributed by atoms with Gasteiger partial charge in [0.2, 0.25) is 0 Å². The van der Waals surface area contributed by atoms with E-state index < -0.39 is 0 Å². The fourth-order valence-corrected chi connectivity index (χ4v) is 2.70. The van der Waals surface area contributed by atoms with Crippen molar-refractivity contribution in [3.05, 3.63) is 59.2 Å². The average molecular weight is 223 g/mol. The van der Waals surface area contributed by atoms with E-state index in [9.17, 15) is 0 Å². The summed E-state index contributed by atoms with van der Waals surface area (Å²) in [5, 5.41) is 0. The van der Waals surface area contributed by atoms with Crippen molar-refractivity contribution in [1.29, 1.82) is 0 Å². The first-order chi connectivity index (χ1) is 8.24. The molecule has 2 aromatic rings. The van der Waals surface area contributed by atoms with E-state index in [1.54, 1.807) is 0 Å². The number of benzene rings is 2. The minimum atomic E-state index is 0.233. The van der Waals surface area contributed by atoms with E-state index in [-0.39, 0.29) is 6.04 Å². The standard InChI is InChI=1S/C16H17N/c1-11(17)8-12-6-7-16-14(9-12)10-13-4-2-3-5-15(13)16/h2-7,9,11H,8,10,17H2,1H3. The molecule has 0 bridgehead atoms. The number of hydrogen-bond donors (Lipinski definition) is 1. The van der Waals surface area contributed by atoms with Crippen molar-refractivity contribution < 1.29 is 0 Å². The lowest BCUT2D eigenvalue weighted by atomic mass is 10.0. The second-order valence-electron chi connectivity index (χ2n) is 5.01. The molecule has 86 valence electrons. The molecule has 0 saturated carbocycles. The van der Waals surface area contributed by atoms with Crippen LogP contribution in [0, 0.1) is 0 Å². The Morgan fingerprint density at radius 2 is 1.82 bits per heavy atom. The van der Waals surface area contributed by atoms with Gasteiger partial charge in [0.05, 0.1) is 0 Å². The number of hydrogen-bond acceptors (Lipinski definition) is 1. The molecule has 0 spiro atoms. The van der Waals surface area contributed by atoms with Crippen molar-refractivity contribution in [1.82, 2.24) is 0 Å². The maximum atomic E-state index is 5.85. The summed E-state index contributed by atoms with van der Waals surface area (Å²) in [6, 6.07) is 15.7. The SMILES string of the molecule is CC(N)Cc1ccc2c(c1)Cc1ccccc1-2. The van der Waals surface area contributed by atoms with E-state index in [0.29, 0.717) is 0 Å². The van der Waals surface area contributed by atoms with Gasteiger partial charge in [-0.05, 0) is 47.6 Å².